The van der Waals surface area contributed by atoms with Gasteiger partial charge in [-0.2, -0.15) is 0 Å². The largest absolute Gasteiger partial charge is 0.493 e. The van der Waals surface area contributed by atoms with Crippen molar-refractivity contribution in [3.63, 3.8) is 0 Å². The lowest BCUT2D eigenvalue weighted by atomic mass is 10.1. The zero-order valence-corrected chi connectivity index (χ0v) is 20.3. The molecular formula is C30H28N2O4. The van der Waals surface area contributed by atoms with Crippen molar-refractivity contribution in [2.45, 2.75) is 20.5 Å². The third-order valence-electron chi connectivity index (χ3n) is 5.44. The minimum atomic E-state index is -0.251. The summed E-state index contributed by atoms with van der Waals surface area (Å²) >= 11 is 0. The number of hydrogen-bond acceptors (Lipinski definition) is 4. The quantitative estimate of drug-likeness (QED) is 0.285. The lowest BCUT2D eigenvalue weighted by molar-refractivity contribution is -0.114. The summed E-state index contributed by atoms with van der Waals surface area (Å²) < 4.78 is 11.8. The maximum absolute atomic E-state index is 12.9. The molecule has 4 rings (SSSR count). The number of benzene rings is 4. The second-order valence-corrected chi connectivity index (χ2v) is 8.15. The van der Waals surface area contributed by atoms with E-state index in [0.29, 0.717) is 29.3 Å². The SMILES string of the molecule is CCOc1ccc(C(=O)Nc2ccc(NC(C)=O)cc2)cc1COc1ccc(-c2ccccc2)cc1. The Kier molecular flexibility index (Phi) is 7.98. The summed E-state index contributed by atoms with van der Waals surface area (Å²) in [6.45, 7) is 4.12. The molecule has 0 heterocycles. The Bertz CT molecular complexity index is 1320. The molecule has 6 heteroatoms. The maximum Gasteiger partial charge on any atom is 0.255 e. The molecule has 0 atom stereocenters. The van der Waals surface area contributed by atoms with Crippen LogP contribution in [0.2, 0.25) is 0 Å². The Morgan fingerprint density at radius 2 is 1.36 bits per heavy atom. The van der Waals surface area contributed by atoms with Crippen LogP contribution in [0.25, 0.3) is 11.1 Å². The van der Waals surface area contributed by atoms with Crippen LogP contribution in [-0.2, 0) is 11.4 Å². The molecular weight excluding hydrogens is 452 g/mol. The third-order valence-corrected chi connectivity index (χ3v) is 5.44. The normalized spacial score (nSPS) is 10.4. The molecule has 0 aliphatic heterocycles. The number of rotatable bonds is 9. The molecule has 2 N–H and O–H groups in total. The van der Waals surface area contributed by atoms with Crippen molar-refractivity contribution in [3.05, 3.63) is 108 Å². The molecule has 0 radical (unpaired) electrons. The van der Waals surface area contributed by atoms with Gasteiger partial charge >= 0.3 is 0 Å². The fourth-order valence-corrected chi connectivity index (χ4v) is 3.71. The molecule has 0 aromatic heterocycles. The highest BCUT2D eigenvalue weighted by molar-refractivity contribution is 6.04. The first kappa shape index (κ1) is 24.5. The highest BCUT2D eigenvalue weighted by atomic mass is 16.5. The van der Waals surface area contributed by atoms with Gasteiger partial charge in [0.2, 0.25) is 5.91 Å². The van der Waals surface area contributed by atoms with Crippen molar-refractivity contribution in [3.8, 4) is 22.6 Å². The molecule has 4 aromatic rings. The Labute approximate surface area is 210 Å². The summed E-state index contributed by atoms with van der Waals surface area (Å²) in [4.78, 5) is 24.1. The van der Waals surface area contributed by atoms with Gasteiger partial charge in [0.1, 0.15) is 18.1 Å². The van der Waals surface area contributed by atoms with Crippen molar-refractivity contribution in [2.75, 3.05) is 17.2 Å². The lowest BCUT2D eigenvalue weighted by Gasteiger charge is -2.14. The van der Waals surface area contributed by atoms with Crippen LogP contribution in [0.1, 0.15) is 29.8 Å². The van der Waals surface area contributed by atoms with Crippen LogP contribution in [0.5, 0.6) is 11.5 Å². The first-order valence-corrected chi connectivity index (χ1v) is 11.7. The Morgan fingerprint density at radius 1 is 0.722 bits per heavy atom. The van der Waals surface area contributed by atoms with Crippen molar-refractivity contribution in [1.82, 2.24) is 0 Å². The van der Waals surface area contributed by atoms with Crippen LogP contribution in [-0.4, -0.2) is 18.4 Å². The fraction of sp³-hybridized carbons (Fsp3) is 0.133. The first-order valence-electron chi connectivity index (χ1n) is 11.7. The minimum Gasteiger partial charge on any atom is -0.493 e. The number of anilines is 2. The number of ether oxygens (including phenoxy) is 2. The van der Waals surface area contributed by atoms with E-state index in [2.05, 4.69) is 22.8 Å². The van der Waals surface area contributed by atoms with E-state index >= 15 is 0 Å². The summed E-state index contributed by atoms with van der Waals surface area (Å²) in [5.74, 6) is 1.00. The van der Waals surface area contributed by atoms with E-state index in [1.165, 1.54) is 6.92 Å². The molecule has 0 saturated heterocycles. The standard InChI is InChI=1S/C30H28N2O4/c1-3-35-29-18-11-24(30(34)32-27-14-12-26(13-15-27)31-21(2)33)19-25(29)20-36-28-16-9-23(10-17-28)22-7-5-4-6-8-22/h4-19H,3,20H2,1-2H3,(H,31,33)(H,32,34). The van der Waals surface area contributed by atoms with Crippen molar-refractivity contribution < 1.29 is 19.1 Å². The van der Waals surface area contributed by atoms with E-state index in [0.717, 1.165) is 22.4 Å². The molecule has 0 spiro atoms. The zero-order chi connectivity index (χ0) is 25.3. The highest BCUT2D eigenvalue weighted by Crippen LogP contribution is 2.26. The highest BCUT2D eigenvalue weighted by Gasteiger charge is 2.12. The molecule has 0 unspecified atom stereocenters. The number of hydrogen-bond donors (Lipinski definition) is 2. The van der Waals surface area contributed by atoms with E-state index in [9.17, 15) is 9.59 Å². The molecule has 0 aliphatic rings. The summed E-state index contributed by atoms with van der Waals surface area (Å²) in [7, 11) is 0. The number of carbonyl (C=O) groups is 2. The summed E-state index contributed by atoms with van der Waals surface area (Å²) in [6.07, 6.45) is 0. The Morgan fingerprint density at radius 3 is 2.00 bits per heavy atom. The minimum absolute atomic E-state index is 0.150. The molecule has 0 aliphatic carbocycles. The monoisotopic (exact) mass is 480 g/mol. The smallest absolute Gasteiger partial charge is 0.255 e. The van der Waals surface area contributed by atoms with Gasteiger partial charge in [-0.1, -0.05) is 42.5 Å². The van der Waals surface area contributed by atoms with E-state index in [4.69, 9.17) is 9.47 Å². The molecule has 6 nitrogen and oxygen atoms in total. The Balaban J connectivity index is 1.44. The van der Waals surface area contributed by atoms with Crippen LogP contribution in [0.4, 0.5) is 11.4 Å². The van der Waals surface area contributed by atoms with Crippen LogP contribution in [0.3, 0.4) is 0 Å². The summed E-state index contributed by atoms with van der Waals surface area (Å²) in [5, 5.41) is 5.58. The molecule has 0 fully saturated rings. The zero-order valence-electron chi connectivity index (χ0n) is 20.3. The predicted octanol–water partition coefficient (Wildman–Crippen LogP) is 6.54. The van der Waals surface area contributed by atoms with Gasteiger partial charge < -0.3 is 20.1 Å². The molecule has 0 bridgehead atoms. The molecule has 182 valence electrons. The van der Waals surface area contributed by atoms with E-state index in [1.54, 1.807) is 42.5 Å². The van der Waals surface area contributed by atoms with Crippen molar-refractivity contribution in [1.29, 1.82) is 0 Å². The number of amides is 2. The molecule has 2 amide bonds. The Hall–Kier alpha value is -4.58. The van der Waals surface area contributed by atoms with Crippen LogP contribution in [0.15, 0.2) is 97.1 Å². The average Bonchev–Trinajstić information content (AvgIpc) is 2.90. The number of nitrogens with one attached hydrogen (secondary N) is 2. The fourth-order valence-electron chi connectivity index (χ4n) is 3.71. The van der Waals surface area contributed by atoms with Gasteiger partial charge in [-0.15, -0.1) is 0 Å². The van der Waals surface area contributed by atoms with Gasteiger partial charge in [-0.05, 0) is 72.6 Å². The van der Waals surface area contributed by atoms with Gasteiger partial charge in [0.25, 0.3) is 5.91 Å². The summed E-state index contributed by atoms with van der Waals surface area (Å²) in [5.41, 5.74) is 4.81. The van der Waals surface area contributed by atoms with Crippen molar-refractivity contribution >= 4 is 23.2 Å². The molecule has 36 heavy (non-hydrogen) atoms. The average molecular weight is 481 g/mol. The van der Waals surface area contributed by atoms with Crippen LogP contribution >= 0.6 is 0 Å². The third kappa shape index (κ3) is 6.51. The second kappa shape index (κ2) is 11.7. The lowest BCUT2D eigenvalue weighted by Crippen LogP contribution is -2.13. The van der Waals surface area contributed by atoms with Gasteiger partial charge in [0, 0.05) is 29.4 Å². The molecule has 0 saturated carbocycles. The maximum atomic E-state index is 12.9. The predicted molar refractivity (Wildman–Crippen MR) is 143 cm³/mol. The van der Waals surface area contributed by atoms with E-state index in [1.807, 2.05) is 49.4 Å². The topological polar surface area (TPSA) is 76.7 Å². The van der Waals surface area contributed by atoms with Crippen molar-refractivity contribution in [2.24, 2.45) is 0 Å². The van der Waals surface area contributed by atoms with Crippen LogP contribution in [0, 0.1) is 0 Å². The molecule has 4 aromatic carbocycles. The van der Waals surface area contributed by atoms with Gasteiger partial charge in [0.15, 0.2) is 0 Å². The number of carbonyl (C=O) groups excluding carboxylic acids is 2. The van der Waals surface area contributed by atoms with Gasteiger partial charge in [-0.3, -0.25) is 9.59 Å². The van der Waals surface area contributed by atoms with Gasteiger partial charge in [-0.25, -0.2) is 0 Å². The van der Waals surface area contributed by atoms with E-state index < -0.39 is 0 Å². The second-order valence-electron chi connectivity index (χ2n) is 8.15. The van der Waals surface area contributed by atoms with Crippen LogP contribution < -0.4 is 20.1 Å². The first-order chi connectivity index (χ1) is 17.5. The van der Waals surface area contributed by atoms with E-state index in [-0.39, 0.29) is 18.4 Å². The van der Waals surface area contributed by atoms with Gasteiger partial charge in [0.05, 0.1) is 6.61 Å². The summed E-state index contributed by atoms with van der Waals surface area (Å²) in [6, 6.07) is 30.3.